The van der Waals surface area contributed by atoms with Crippen LogP contribution >= 0.6 is 0 Å². The van der Waals surface area contributed by atoms with Crippen molar-refractivity contribution in [2.24, 2.45) is 0 Å². The zero-order valence-electron chi connectivity index (χ0n) is 62.9. The second-order valence-electron chi connectivity index (χ2n) is 26.6. The molecule has 100 heavy (non-hydrogen) atoms. The van der Waals surface area contributed by atoms with Crippen molar-refractivity contribution in [3.63, 3.8) is 0 Å². The second-order valence-corrected chi connectivity index (χ2v) is 26.6. The highest BCUT2D eigenvalue weighted by Gasteiger charge is 2.29. The van der Waals surface area contributed by atoms with Crippen molar-refractivity contribution in [1.82, 2.24) is 19.9 Å². The van der Waals surface area contributed by atoms with Crippen molar-refractivity contribution >= 4 is 68.2 Å². The first kappa shape index (κ1) is 79.4. The highest BCUT2D eigenvalue weighted by molar-refractivity contribution is 6.04. The van der Waals surface area contributed by atoms with Crippen LogP contribution in [0.15, 0.2) is 48.5 Å². The zero-order valence-corrected chi connectivity index (χ0v) is 62.9. The summed E-state index contributed by atoms with van der Waals surface area (Å²) in [6, 6.07) is 16.8. The van der Waals surface area contributed by atoms with Crippen LogP contribution in [0.3, 0.4) is 0 Å². The molecule has 2 aliphatic heterocycles. The minimum atomic E-state index is -0.265. The lowest BCUT2D eigenvalue weighted by molar-refractivity contribution is -0.144. The fourth-order valence-corrected chi connectivity index (χ4v) is 13.6. The van der Waals surface area contributed by atoms with E-state index in [9.17, 15) is 19.2 Å². The number of rotatable bonds is 46. The van der Waals surface area contributed by atoms with Gasteiger partial charge in [-0.15, -0.1) is 0 Å². The van der Waals surface area contributed by atoms with E-state index in [0.29, 0.717) is 75.1 Å². The van der Waals surface area contributed by atoms with E-state index >= 15 is 0 Å². The Morgan fingerprint density at radius 3 is 0.950 bits per heavy atom. The lowest BCUT2D eigenvalue weighted by Crippen LogP contribution is -2.08. The smallest absolute Gasteiger partial charge is 0.305 e. The highest BCUT2D eigenvalue weighted by atomic mass is 16.5. The maximum Gasteiger partial charge on any atom is 0.305 e. The summed E-state index contributed by atoms with van der Waals surface area (Å²) in [4.78, 5) is 70.6. The van der Waals surface area contributed by atoms with Gasteiger partial charge in [-0.25, -0.2) is 9.97 Å². The predicted octanol–water partition coefficient (Wildman–Crippen LogP) is 21.2. The van der Waals surface area contributed by atoms with Crippen LogP contribution in [0.4, 0.5) is 0 Å². The highest BCUT2D eigenvalue weighted by Crippen LogP contribution is 2.47. The van der Waals surface area contributed by atoms with E-state index in [1.165, 1.54) is 22.3 Å². The number of unbranched alkanes of at least 4 members (excludes halogenated alkanes) is 12. The van der Waals surface area contributed by atoms with Crippen LogP contribution in [0.25, 0.3) is 66.6 Å². The predicted molar refractivity (Wildman–Crippen MR) is 405 cm³/mol. The first-order valence-corrected chi connectivity index (χ1v) is 38.3. The fourth-order valence-electron chi connectivity index (χ4n) is 13.6. The SMILES string of the molecule is CCCCCCC1=C(C)c2nc1cc1[nH]c(c(C)c1CCCCCC)c(-c1cc(OCCCC(=O)OCC)cc(OCCCC(=O)OCC)c1)c1[nH]c(cc3nc(c2-c2cc(OCCCC(=O)OCC)cc(OCCCC(=O)OCC)c2)C(C)=C3CCCCCC)c(CCCCCC)c1C. The summed E-state index contributed by atoms with van der Waals surface area (Å²) in [5, 5.41) is 0. The molecular formula is C84H118N4O12. The van der Waals surface area contributed by atoms with Gasteiger partial charge in [-0.2, -0.15) is 0 Å². The molecule has 0 radical (unpaired) electrons. The average molecular weight is 1380 g/mol. The van der Waals surface area contributed by atoms with E-state index in [1.807, 2.05) is 39.8 Å². The second kappa shape index (κ2) is 42.4. The molecule has 0 saturated carbocycles. The Balaban J connectivity index is 1.66. The van der Waals surface area contributed by atoms with Gasteiger partial charge in [0.15, 0.2) is 0 Å². The van der Waals surface area contributed by atoms with Crippen LogP contribution in [0.1, 0.15) is 281 Å². The van der Waals surface area contributed by atoms with Gasteiger partial charge in [0.05, 0.1) is 86.7 Å². The first-order chi connectivity index (χ1) is 48.6. The molecule has 2 aromatic carbocycles. The first-order valence-electron chi connectivity index (χ1n) is 38.3. The number of allylic oxidation sites excluding steroid dienone is 4. The van der Waals surface area contributed by atoms with Gasteiger partial charge in [0.1, 0.15) is 23.0 Å². The molecule has 0 amide bonds. The van der Waals surface area contributed by atoms with E-state index in [-0.39, 0.29) is 76.0 Å². The lowest BCUT2D eigenvalue weighted by atomic mass is 9.92. The van der Waals surface area contributed by atoms with Crippen molar-refractivity contribution in [1.29, 1.82) is 0 Å². The Hall–Kier alpha value is -7.88. The number of aromatic amines is 2. The number of carbonyl (C=O) groups excluding carboxylic acids is 4. The third kappa shape index (κ3) is 23.1. The summed E-state index contributed by atoms with van der Waals surface area (Å²) in [6.45, 7) is 27.6. The van der Waals surface area contributed by atoms with Gasteiger partial charge in [0.2, 0.25) is 0 Å². The van der Waals surface area contributed by atoms with Crippen LogP contribution < -0.4 is 18.9 Å². The normalized spacial score (nSPS) is 12.1. The van der Waals surface area contributed by atoms with Gasteiger partial charge in [-0.3, -0.25) is 19.2 Å². The van der Waals surface area contributed by atoms with Gasteiger partial charge in [-0.05, 0) is 225 Å². The van der Waals surface area contributed by atoms with Crippen LogP contribution in [0.5, 0.6) is 23.0 Å². The molecule has 16 nitrogen and oxygen atoms in total. The number of benzene rings is 2. The van der Waals surface area contributed by atoms with Crippen molar-refractivity contribution in [2.75, 3.05) is 52.9 Å². The topological polar surface area (TPSA) is 199 Å². The molecule has 5 heterocycles. The Kier molecular flexibility index (Phi) is 33.7. The van der Waals surface area contributed by atoms with Crippen molar-refractivity contribution < 1.29 is 57.1 Å². The van der Waals surface area contributed by atoms with E-state index in [4.69, 9.17) is 47.9 Å². The molecule has 2 N–H and O–H groups in total. The van der Waals surface area contributed by atoms with Gasteiger partial charge >= 0.3 is 23.9 Å². The Bertz CT molecular complexity index is 3510. The molecule has 0 saturated heterocycles. The van der Waals surface area contributed by atoms with Gasteiger partial charge in [-0.1, -0.05) is 105 Å². The summed E-state index contributed by atoms with van der Waals surface area (Å²) >= 11 is 0. The van der Waals surface area contributed by atoms with E-state index < -0.39 is 0 Å². The fraction of sp³-hybridized carbons (Fsp3) is 0.571. The molecule has 0 atom stereocenters. The number of aryl methyl sites for hydroxylation is 4. The maximum absolute atomic E-state index is 12.6. The number of esters is 4. The lowest BCUT2D eigenvalue weighted by Gasteiger charge is -2.15. The molecule has 546 valence electrons. The summed E-state index contributed by atoms with van der Waals surface area (Å²) in [6.07, 6.45) is 23.4. The third-order valence-corrected chi connectivity index (χ3v) is 18.9. The molecule has 8 bridgehead atoms. The van der Waals surface area contributed by atoms with Crippen molar-refractivity contribution in [3.8, 4) is 45.3 Å². The standard InChI is InChI=1S/C84H118N4O12/c1-13-21-25-29-37-67-57(9)81-79(61-49-63(97-45-33-41-75(89)93-17-5)53-64(50-61)98-46-34-42-76(90)94-18-6)82-59(11)69(39-31-27-23-15-3)73(87-82)56-74-70(40-32-28-24-16-4)60(12)84(88-74)80(83-58(10)68(38-30-26-22-14-2)72(86-83)55-71(67)85-81)62-51-65(99-47-35-43-77(91)95-19-7)54-66(52-62)100-48-36-44-78(92)96-20-8/h49-56,85,87H,13-48H2,1-12H3. The molecule has 0 fully saturated rings. The number of nitrogens with zero attached hydrogens (tertiary/aromatic N) is 2. The largest absolute Gasteiger partial charge is 0.493 e. The molecule has 0 unspecified atom stereocenters. The van der Waals surface area contributed by atoms with Crippen LogP contribution in [0.2, 0.25) is 0 Å². The van der Waals surface area contributed by atoms with Gasteiger partial charge in [0, 0.05) is 60.0 Å². The average Bonchev–Trinajstić information content (AvgIpc) is 1.59. The van der Waals surface area contributed by atoms with Crippen molar-refractivity contribution in [3.05, 3.63) is 93.6 Å². The number of nitrogens with one attached hydrogen (secondary N) is 2. The minimum absolute atomic E-state index is 0.222. The minimum Gasteiger partial charge on any atom is -0.493 e. The maximum atomic E-state index is 12.6. The number of hydrogen-bond acceptors (Lipinski definition) is 14. The number of H-pyrrole nitrogens is 2. The number of fused-ring (bicyclic) bond motifs is 8. The molecule has 16 heteroatoms. The number of carbonyl (C=O) groups is 4. The zero-order chi connectivity index (χ0) is 71.8. The summed E-state index contributed by atoms with van der Waals surface area (Å²) < 4.78 is 47.7. The number of ether oxygens (including phenoxy) is 8. The molecule has 0 spiro atoms. The monoisotopic (exact) mass is 1370 g/mol. The van der Waals surface area contributed by atoms with Crippen LogP contribution in [-0.4, -0.2) is 96.7 Å². The van der Waals surface area contributed by atoms with Gasteiger partial charge in [0.25, 0.3) is 0 Å². The Labute approximate surface area is 596 Å². The van der Waals surface area contributed by atoms with E-state index in [1.54, 1.807) is 0 Å². The Morgan fingerprint density at radius 1 is 0.350 bits per heavy atom. The molecule has 3 aromatic heterocycles. The molecule has 7 rings (SSSR count). The quantitative estimate of drug-likeness (QED) is 0.0212. The number of aromatic nitrogens is 4. The van der Waals surface area contributed by atoms with E-state index in [2.05, 4.69) is 102 Å². The van der Waals surface area contributed by atoms with Crippen LogP contribution in [0, 0.1) is 13.8 Å². The summed E-state index contributed by atoms with van der Waals surface area (Å²) in [5.41, 5.74) is 20.3. The summed E-state index contributed by atoms with van der Waals surface area (Å²) in [5.74, 6) is 1.27. The third-order valence-electron chi connectivity index (χ3n) is 18.9. The molecule has 2 aliphatic rings. The molecule has 5 aromatic rings. The summed E-state index contributed by atoms with van der Waals surface area (Å²) in [7, 11) is 0. The van der Waals surface area contributed by atoms with Crippen molar-refractivity contribution in [2.45, 2.75) is 263 Å². The Morgan fingerprint density at radius 2 is 0.650 bits per heavy atom. The van der Waals surface area contributed by atoms with Crippen LogP contribution in [-0.2, 0) is 51.0 Å². The van der Waals surface area contributed by atoms with E-state index in [0.717, 1.165) is 218 Å². The number of hydrogen-bond donors (Lipinski definition) is 2. The molecule has 0 aliphatic carbocycles. The molecular weight excluding hydrogens is 1260 g/mol. The van der Waals surface area contributed by atoms with Gasteiger partial charge < -0.3 is 47.9 Å².